The highest BCUT2D eigenvalue weighted by Gasteiger charge is 2.54. The van der Waals surface area contributed by atoms with E-state index in [2.05, 4.69) is 13.2 Å². The molecule has 96 heavy (non-hydrogen) atoms. The molecule has 8 rings (SSSR count). The van der Waals surface area contributed by atoms with E-state index in [1.54, 1.807) is 0 Å². The van der Waals surface area contributed by atoms with Crippen molar-refractivity contribution in [3.05, 3.63) is 122 Å². The van der Waals surface area contributed by atoms with Gasteiger partial charge in [0.05, 0.1) is 52.9 Å². The highest BCUT2D eigenvalue weighted by atomic mass is 16.7. The first-order chi connectivity index (χ1) is 45.5. The highest BCUT2D eigenvalue weighted by Crippen LogP contribution is 2.34. The number of carboxylic acids is 4. The fourth-order valence-electron chi connectivity index (χ4n) is 9.29. The monoisotopic (exact) mass is 1360 g/mol. The Morgan fingerprint density at radius 2 is 0.385 bits per heavy atom. The van der Waals surface area contributed by atoms with Crippen LogP contribution in [-0.4, -0.2) is 264 Å². The van der Waals surface area contributed by atoms with E-state index in [1.165, 1.54) is 13.8 Å². The van der Waals surface area contributed by atoms with Crippen LogP contribution in [0.15, 0.2) is 122 Å². The molecule has 36 heteroatoms. The Kier molecular flexibility index (Phi) is 29.9. The lowest BCUT2D eigenvalue weighted by atomic mass is 10.1. The van der Waals surface area contributed by atoms with E-state index in [4.69, 9.17) is 106 Å². The standard InChI is InChI=1S/4C15H16O9/c4*1-8(16)2-4-12(19)23-9-6-21-15-10(7-22-14(9)15)24-13(20)5-3-11(17)18/h2*2-5,9-10,14-15H,6-7H2,1H3,(H,17,18);2*2-5,9-10,14-16H,1,6-7H2,(H,17,18)/b2*4-2+,5-3+;4-2-,5-3+;4-2-,5-3-/t9-,10-,14+,15+;9-,10-,14-,15-;2*9-,10-,14+,15+/m0100/s1. The van der Waals surface area contributed by atoms with Gasteiger partial charge in [0.2, 0.25) is 0 Å². The Bertz CT molecular complexity index is 2580. The van der Waals surface area contributed by atoms with Gasteiger partial charge < -0.3 is 106 Å². The molecule has 8 aliphatic heterocycles. The Morgan fingerprint density at radius 3 is 0.510 bits per heavy atom. The van der Waals surface area contributed by atoms with E-state index in [0.717, 1.165) is 72.9 Å². The summed E-state index contributed by atoms with van der Waals surface area (Å²) >= 11 is 0. The molecule has 0 aromatic rings. The van der Waals surface area contributed by atoms with Crippen molar-refractivity contribution in [1.29, 1.82) is 0 Å². The summed E-state index contributed by atoms with van der Waals surface area (Å²) < 4.78 is 84.4. The van der Waals surface area contributed by atoms with Crippen molar-refractivity contribution < 1.29 is 174 Å². The molecule has 0 radical (unpaired) electrons. The predicted octanol–water partition coefficient (Wildman–Crippen LogP) is -1.46. The number of carbonyl (C=O) groups excluding carboxylic acids is 10. The van der Waals surface area contributed by atoms with Crippen molar-refractivity contribution in [2.75, 3.05) is 52.9 Å². The van der Waals surface area contributed by atoms with Gasteiger partial charge in [-0.05, 0) is 38.2 Å². The molecule has 0 aromatic heterocycles. The Balaban J connectivity index is 0.000000231. The van der Waals surface area contributed by atoms with Crippen LogP contribution in [0.3, 0.4) is 0 Å². The zero-order valence-electron chi connectivity index (χ0n) is 50.5. The maximum atomic E-state index is 11.6. The molecule has 36 nitrogen and oxygen atoms in total. The van der Waals surface area contributed by atoms with Gasteiger partial charge in [-0.25, -0.2) is 57.5 Å². The van der Waals surface area contributed by atoms with Gasteiger partial charge in [-0.15, -0.1) is 0 Å². The van der Waals surface area contributed by atoms with Gasteiger partial charge in [-0.1, -0.05) is 13.2 Å². The van der Waals surface area contributed by atoms with Crippen molar-refractivity contribution in [3.8, 4) is 0 Å². The third-order valence-electron chi connectivity index (χ3n) is 13.2. The molecule has 8 fully saturated rings. The number of hydrogen-bond acceptors (Lipinski definition) is 32. The first-order valence-corrected chi connectivity index (χ1v) is 28.2. The number of esters is 8. The van der Waals surface area contributed by atoms with Crippen molar-refractivity contribution in [2.45, 2.75) is 112 Å². The normalized spacial score (nSPS) is 28.9. The number of hydrogen-bond donors (Lipinski definition) is 6. The second-order valence-electron chi connectivity index (χ2n) is 20.4. The lowest BCUT2D eigenvalue weighted by Crippen LogP contribution is -2.35. The van der Waals surface area contributed by atoms with Crippen LogP contribution in [0.1, 0.15) is 13.8 Å². The summed E-state index contributed by atoms with van der Waals surface area (Å²) in [6.07, 6.45) is 3.75. The first-order valence-electron chi connectivity index (χ1n) is 28.2. The number of aliphatic carboxylic acids is 4. The van der Waals surface area contributed by atoms with Crippen molar-refractivity contribution >= 4 is 83.2 Å². The van der Waals surface area contributed by atoms with Crippen LogP contribution >= 0.6 is 0 Å². The topological polar surface area (TPSA) is 508 Å². The lowest BCUT2D eigenvalue weighted by molar-refractivity contribution is -0.150. The van der Waals surface area contributed by atoms with E-state index in [9.17, 15) is 67.1 Å². The van der Waals surface area contributed by atoms with Crippen LogP contribution in [-0.2, 0) is 143 Å². The van der Waals surface area contributed by atoms with Crippen LogP contribution in [0.2, 0.25) is 0 Å². The number of rotatable bonds is 24. The van der Waals surface area contributed by atoms with Crippen LogP contribution < -0.4 is 0 Å². The number of aliphatic hydroxyl groups excluding tert-OH is 2. The summed E-state index contributed by atoms with van der Waals surface area (Å²) in [6.45, 7) is 9.41. The number of ether oxygens (including phenoxy) is 16. The Hall–Kier alpha value is -10.3. The molecule has 0 unspecified atom stereocenters. The zero-order valence-corrected chi connectivity index (χ0v) is 50.5. The van der Waals surface area contributed by atoms with Crippen LogP contribution in [0.5, 0.6) is 0 Å². The van der Waals surface area contributed by atoms with Crippen LogP contribution in [0, 0.1) is 0 Å². The fraction of sp³-hybridized carbons (Fsp3) is 0.433. The highest BCUT2D eigenvalue weighted by molar-refractivity contribution is 5.96. The van der Waals surface area contributed by atoms with Crippen LogP contribution in [0.4, 0.5) is 0 Å². The Morgan fingerprint density at radius 1 is 0.250 bits per heavy atom. The van der Waals surface area contributed by atoms with E-state index >= 15 is 0 Å². The van der Waals surface area contributed by atoms with E-state index in [1.807, 2.05) is 0 Å². The number of fused-ring (bicyclic) bond motifs is 4. The van der Waals surface area contributed by atoms with Gasteiger partial charge in [0.15, 0.2) is 60.4 Å². The molecule has 0 bridgehead atoms. The van der Waals surface area contributed by atoms with Crippen LogP contribution in [0.25, 0.3) is 0 Å². The van der Waals surface area contributed by atoms with Gasteiger partial charge in [-0.2, -0.15) is 0 Å². The molecule has 8 saturated heterocycles. The summed E-state index contributed by atoms with van der Waals surface area (Å²) in [4.78, 5) is 155. The minimum Gasteiger partial charge on any atom is -0.509 e. The van der Waals surface area contributed by atoms with Gasteiger partial charge in [-0.3, -0.25) is 9.59 Å². The molecule has 6 N–H and O–H groups in total. The third-order valence-corrected chi connectivity index (χ3v) is 13.2. The van der Waals surface area contributed by atoms with Crippen molar-refractivity contribution in [1.82, 2.24) is 0 Å². The molecular weight excluding hydrogens is 1300 g/mol. The van der Waals surface area contributed by atoms with E-state index in [0.29, 0.717) is 24.3 Å². The minimum atomic E-state index is -1.27. The number of carbonyl (C=O) groups is 14. The lowest BCUT2D eigenvalue weighted by Gasteiger charge is -2.16. The van der Waals surface area contributed by atoms with Gasteiger partial charge in [0.1, 0.15) is 60.4 Å². The number of allylic oxidation sites excluding steroid dienone is 4. The molecule has 0 amide bonds. The molecule has 520 valence electrons. The molecule has 0 aliphatic carbocycles. The Labute approximate surface area is 541 Å². The molecule has 0 saturated carbocycles. The summed E-state index contributed by atoms with van der Waals surface area (Å²) in [5.41, 5.74) is 0. The first kappa shape index (κ1) is 76.4. The summed E-state index contributed by atoms with van der Waals surface area (Å²) in [6, 6.07) is 0. The number of ketones is 2. The summed E-state index contributed by atoms with van der Waals surface area (Å²) in [7, 11) is 0. The largest absolute Gasteiger partial charge is 0.509 e. The fourth-order valence-corrected chi connectivity index (χ4v) is 9.29. The second kappa shape index (κ2) is 37.5. The van der Waals surface area contributed by atoms with E-state index < -0.39 is 169 Å². The number of carboxylic acid groups (broad SMARTS) is 4. The quantitative estimate of drug-likeness (QED) is 0.0211. The van der Waals surface area contributed by atoms with Gasteiger partial charge in [0, 0.05) is 72.9 Å². The van der Waals surface area contributed by atoms with Crippen molar-refractivity contribution in [3.63, 3.8) is 0 Å². The smallest absolute Gasteiger partial charge is 0.331 e. The van der Waals surface area contributed by atoms with E-state index in [-0.39, 0.29) is 75.9 Å². The maximum absolute atomic E-state index is 11.6. The number of aliphatic hydroxyl groups is 2. The summed E-state index contributed by atoms with van der Waals surface area (Å²) in [5, 5.41) is 51.6. The molecule has 0 spiro atoms. The van der Waals surface area contributed by atoms with Crippen molar-refractivity contribution in [2.24, 2.45) is 0 Å². The average Bonchev–Trinajstić information content (AvgIpc) is 1.68. The average molecular weight is 1360 g/mol. The third kappa shape index (κ3) is 25.5. The molecule has 0 aromatic carbocycles. The SMILES string of the molecule is C=C(O)/C=C\C(=O)O[C@H]1CO[C@H]2[C@@H]1OC[C@@H]2OC(=O)/C=C/C(=O)O.C=C(O)/C=C\C(=O)O[C@H]1CO[C@H]2[C@@H]1OC[C@@H]2OC(=O)/C=C\C(=O)O.CC(=O)/C=C/C(=O)O[C@@H]1CO[C@H]2[C@@H]1OC[C@H]2OC(=O)/C=C/C(=O)O.CC(=O)/C=C/C(=O)O[C@H]1CO[C@H]2[C@@H]1OC[C@@H]2OC(=O)/C=C/C(=O)O. The van der Waals surface area contributed by atoms with Gasteiger partial charge >= 0.3 is 71.6 Å². The molecule has 16 atom stereocenters. The minimum absolute atomic E-state index is 0.0410. The summed E-state index contributed by atoms with van der Waals surface area (Å²) in [5.74, 6) is -12.4. The molecular formula is C60H64O36. The predicted molar refractivity (Wildman–Crippen MR) is 306 cm³/mol. The zero-order chi connectivity index (χ0) is 70.8. The second-order valence-corrected chi connectivity index (χ2v) is 20.4. The van der Waals surface area contributed by atoms with Gasteiger partial charge in [0.25, 0.3) is 0 Å². The molecule has 8 heterocycles. The molecule has 8 aliphatic rings. The maximum Gasteiger partial charge on any atom is 0.331 e.